The maximum Gasteiger partial charge on any atom is 0.239 e. The molecule has 5 nitrogen and oxygen atoms in total. The lowest BCUT2D eigenvalue weighted by atomic mass is 9.91. The van der Waals surface area contributed by atoms with Crippen molar-refractivity contribution in [2.45, 2.75) is 57.2 Å². The van der Waals surface area contributed by atoms with Crippen LogP contribution in [0.25, 0.3) is 0 Å². The number of nitrogens with zero attached hydrogens (tertiary/aromatic N) is 2. The third-order valence-corrected chi connectivity index (χ3v) is 5.86. The van der Waals surface area contributed by atoms with E-state index >= 15 is 0 Å². The summed E-state index contributed by atoms with van der Waals surface area (Å²) in [5.74, 6) is 0.0458. The molecule has 2 N–H and O–H groups in total. The van der Waals surface area contributed by atoms with Gasteiger partial charge in [0.05, 0.1) is 12.6 Å². The van der Waals surface area contributed by atoms with Crippen molar-refractivity contribution in [2.75, 3.05) is 32.7 Å². The molecule has 0 unspecified atom stereocenters. The molecule has 6 heteroatoms. The molecule has 1 aliphatic carbocycles. The molecule has 4 rings (SSSR count). The van der Waals surface area contributed by atoms with Gasteiger partial charge in [-0.1, -0.05) is 18.6 Å². The van der Waals surface area contributed by atoms with Gasteiger partial charge < -0.3 is 15.3 Å². The van der Waals surface area contributed by atoms with Crippen LogP contribution in [0.3, 0.4) is 0 Å². The number of amides is 1. The van der Waals surface area contributed by atoms with E-state index in [4.69, 9.17) is 5.11 Å². The van der Waals surface area contributed by atoms with Gasteiger partial charge in [0, 0.05) is 32.2 Å². The van der Waals surface area contributed by atoms with Gasteiger partial charge in [0.1, 0.15) is 5.82 Å². The Hall–Kier alpha value is -1.50. The molecule has 1 aromatic carbocycles. The molecule has 2 saturated heterocycles. The first-order valence-electron chi connectivity index (χ1n) is 10.3. The zero-order chi connectivity index (χ0) is 19.1. The number of nitrogens with one attached hydrogen (secondary N) is 1. The normalized spacial score (nSPS) is 23.9. The average Bonchev–Trinajstić information content (AvgIpc) is 3.07. The fourth-order valence-electron chi connectivity index (χ4n) is 4.03. The summed E-state index contributed by atoms with van der Waals surface area (Å²) in [6, 6.07) is 6.83. The van der Waals surface area contributed by atoms with E-state index in [0.29, 0.717) is 11.5 Å². The highest BCUT2D eigenvalue weighted by Gasteiger charge is 2.30. The summed E-state index contributed by atoms with van der Waals surface area (Å²) in [7, 11) is 0. The number of halogens is 1. The van der Waals surface area contributed by atoms with Crippen LogP contribution in [0.5, 0.6) is 0 Å². The van der Waals surface area contributed by atoms with E-state index in [0.717, 1.165) is 51.5 Å². The van der Waals surface area contributed by atoms with Crippen molar-refractivity contribution in [2.24, 2.45) is 0 Å². The summed E-state index contributed by atoms with van der Waals surface area (Å²) in [4.78, 5) is 17.1. The first-order valence-corrected chi connectivity index (χ1v) is 10.3. The van der Waals surface area contributed by atoms with Crippen molar-refractivity contribution in [3.8, 4) is 0 Å². The first-order chi connectivity index (χ1) is 13.2. The number of carbonyl (C=O) groups is 1. The van der Waals surface area contributed by atoms with Crippen LogP contribution in [0.4, 0.5) is 4.39 Å². The van der Waals surface area contributed by atoms with Gasteiger partial charge >= 0.3 is 0 Å². The quantitative estimate of drug-likeness (QED) is 0.848. The zero-order valence-corrected chi connectivity index (χ0v) is 16.1. The molecule has 27 heavy (non-hydrogen) atoms. The Balaban J connectivity index is 0.000000197. The van der Waals surface area contributed by atoms with E-state index in [2.05, 4.69) is 15.1 Å². The third kappa shape index (κ3) is 5.74. The highest BCUT2D eigenvalue weighted by Crippen LogP contribution is 2.25. The van der Waals surface area contributed by atoms with E-state index in [9.17, 15) is 9.18 Å². The number of carbonyl (C=O) groups excluding carboxylic acids is 1. The number of aliphatic hydroxyl groups is 1. The molecule has 1 aromatic rings. The SMILES string of the molecule is O=C([C@H]1CCCN1)N1CCCN(C2CCC2)CC1.OCc1cccc(F)c1. The van der Waals surface area contributed by atoms with Crippen LogP contribution >= 0.6 is 0 Å². The van der Waals surface area contributed by atoms with Crippen LogP contribution in [-0.2, 0) is 11.4 Å². The molecule has 0 aromatic heterocycles. The predicted octanol–water partition coefficient (Wildman–Crippen LogP) is 2.14. The standard InChI is InChI=1S/C14H25N3O.C7H7FO/c18-14(13-6-2-7-15-13)17-9-3-8-16(10-11-17)12-4-1-5-12;8-7-3-1-2-6(4-7)5-9/h12-13,15H,1-11H2;1-4,9H,5H2/t13-;/m1./s1. The first kappa shape index (κ1) is 20.2. The van der Waals surface area contributed by atoms with Gasteiger partial charge in [0.25, 0.3) is 0 Å². The van der Waals surface area contributed by atoms with Crippen molar-refractivity contribution in [1.29, 1.82) is 0 Å². The Morgan fingerprint density at radius 3 is 2.56 bits per heavy atom. The van der Waals surface area contributed by atoms with Crippen LogP contribution < -0.4 is 5.32 Å². The monoisotopic (exact) mass is 377 g/mol. The van der Waals surface area contributed by atoms with Gasteiger partial charge in [-0.05, 0) is 56.3 Å². The molecule has 0 spiro atoms. The van der Waals surface area contributed by atoms with Crippen LogP contribution in [0.15, 0.2) is 24.3 Å². The van der Waals surface area contributed by atoms with E-state index in [1.807, 2.05) is 0 Å². The number of hydrogen-bond donors (Lipinski definition) is 2. The second-order valence-electron chi connectivity index (χ2n) is 7.74. The van der Waals surface area contributed by atoms with Crippen molar-refractivity contribution < 1.29 is 14.3 Å². The molecule has 1 saturated carbocycles. The molecule has 0 bridgehead atoms. The summed E-state index contributed by atoms with van der Waals surface area (Å²) in [5, 5.41) is 11.8. The number of aliphatic hydroxyl groups excluding tert-OH is 1. The van der Waals surface area contributed by atoms with E-state index in [1.165, 1.54) is 37.9 Å². The maximum atomic E-state index is 12.4. The molecule has 2 aliphatic heterocycles. The fraction of sp³-hybridized carbons (Fsp3) is 0.667. The second kappa shape index (κ2) is 10.2. The Kier molecular flexibility index (Phi) is 7.61. The highest BCUT2D eigenvalue weighted by molar-refractivity contribution is 5.82. The highest BCUT2D eigenvalue weighted by atomic mass is 19.1. The van der Waals surface area contributed by atoms with Gasteiger partial charge in [-0.15, -0.1) is 0 Å². The molecular formula is C21H32FN3O2. The van der Waals surface area contributed by atoms with Gasteiger partial charge in [-0.2, -0.15) is 0 Å². The van der Waals surface area contributed by atoms with E-state index in [-0.39, 0.29) is 18.5 Å². The van der Waals surface area contributed by atoms with Gasteiger partial charge in [-0.3, -0.25) is 9.69 Å². The summed E-state index contributed by atoms with van der Waals surface area (Å²) in [5.41, 5.74) is 0.606. The summed E-state index contributed by atoms with van der Waals surface area (Å²) >= 11 is 0. The fourth-order valence-corrected chi connectivity index (χ4v) is 4.03. The van der Waals surface area contributed by atoms with Gasteiger partial charge in [-0.25, -0.2) is 4.39 Å². The zero-order valence-electron chi connectivity index (χ0n) is 16.1. The largest absolute Gasteiger partial charge is 0.392 e. The Morgan fingerprint density at radius 1 is 1.11 bits per heavy atom. The summed E-state index contributed by atoms with van der Waals surface area (Å²) in [6.45, 7) is 5.08. The van der Waals surface area contributed by atoms with Crippen LogP contribution in [-0.4, -0.2) is 65.6 Å². The van der Waals surface area contributed by atoms with Gasteiger partial charge in [0.15, 0.2) is 0 Å². The number of hydrogen-bond acceptors (Lipinski definition) is 4. The van der Waals surface area contributed by atoms with Crippen LogP contribution in [0.2, 0.25) is 0 Å². The predicted molar refractivity (Wildman–Crippen MR) is 104 cm³/mol. The average molecular weight is 378 g/mol. The van der Waals surface area contributed by atoms with Crippen molar-refractivity contribution in [1.82, 2.24) is 15.1 Å². The van der Waals surface area contributed by atoms with Crippen LogP contribution in [0.1, 0.15) is 44.1 Å². The molecule has 150 valence electrons. The Bertz CT molecular complexity index is 603. The van der Waals surface area contributed by atoms with Crippen LogP contribution in [0, 0.1) is 5.82 Å². The van der Waals surface area contributed by atoms with E-state index < -0.39 is 0 Å². The topological polar surface area (TPSA) is 55.8 Å². The van der Waals surface area contributed by atoms with Crippen molar-refractivity contribution in [3.05, 3.63) is 35.6 Å². The maximum absolute atomic E-state index is 12.4. The molecule has 1 atom stereocenters. The lowest BCUT2D eigenvalue weighted by molar-refractivity contribution is -0.133. The lowest BCUT2D eigenvalue weighted by Gasteiger charge is -2.36. The number of rotatable bonds is 3. The second-order valence-corrected chi connectivity index (χ2v) is 7.74. The summed E-state index contributed by atoms with van der Waals surface area (Å²) in [6.07, 6.45) is 7.47. The smallest absolute Gasteiger partial charge is 0.239 e. The molecule has 1 amide bonds. The molecular weight excluding hydrogens is 345 g/mol. The van der Waals surface area contributed by atoms with E-state index in [1.54, 1.807) is 12.1 Å². The van der Waals surface area contributed by atoms with Crippen molar-refractivity contribution >= 4 is 5.91 Å². The summed E-state index contributed by atoms with van der Waals surface area (Å²) < 4.78 is 12.2. The Labute approximate surface area is 161 Å². The molecule has 3 fully saturated rings. The lowest BCUT2D eigenvalue weighted by Crippen LogP contribution is -2.46. The molecule has 0 radical (unpaired) electrons. The number of benzene rings is 1. The molecule has 2 heterocycles. The minimum absolute atomic E-state index is 0.0994. The third-order valence-electron chi connectivity index (χ3n) is 5.86. The molecule has 3 aliphatic rings. The van der Waals surface area contributed by atoms with Gasteiger partial charge in [0.2, 0.25) is 5.91 Å². The van der Waals surface area contributed by atoms with Crippen molar-refractivity contribution in [3.63, 3.8) is 0 Å². The minimum atomic E-state index is -0.304. The Morgan fingerprint density at radius 2 is 1.96 bits per heavy atom. The minimum Gasteiger partial charge on any atom is -0.392 e.